The number of nitrogens with one attached hydrogen (secondary N) is 2. The Bertz CT molecular complexity index is 1440. The minimum Gasteiger partial charge on any atom is -0.326 e. The highest BCUT2D eigenvalue weighted by Gasteiger charge is 2.37. The fourth-order valence-electron chi connectivity index (χ4n) is 5.73. The number of benzene rings is 2. The summed E-state index contributed by atoms with van der Waals surface area (Å²) in [6.07, 6.45) is 13.0. The second-order valence-corrected chi connectivity index (χ2v) is 11.6. The van der Waals surface area contributed by atoms with E-state index in [1.54, 1.807) is 12.1 Å². The Labute approximate surface area is 256 Å². The number of hydrogen-bond donors (Lipinski definition) is 4. The topological polar surface area (TPSA) is 124 Å². The number of nitrogens with two attached hydrogens (primary N) is 2. The molecule has 1 saturated carbocycles. The van der Waals surface area contributed by atoms with Crippen molar-refractivity contribution in [1.82, 2.24) is 20.5 Å². The van der Waals surface area contributed by atoms with Gasteiger partial charge in [0.2, 0.25) is 11.9 Å². The SMILES string of the molecule is CN1C(=Nc2ccc(C3CCCCC3)cc2)N(Cc2ccc(C(=O)N/C(=N/N)NN)cc2)C2C=C/C(Cl)=C(/Cl)C/C=C\21. The van der Waals surface area contributed by atoms with Crippen LogP contribution in [0.3, 0.4) is 0 Å². The molecule has 0 bridgehead atoms. The number of nitrogens with zero attached hydrogens (tertiary/aromatic N) is 4. The largest absolute Gasteiger partial charge is 0.326 e. The van der Waals surface area contributed by atoms with Gasteiger partial charge < -0.3 is 15.6 Å². The van der Waals surface area contributed by atoms with Gasteiger partial charge in [0, 0.05) is 36.3 Å². The molecule has 2 aromatic carbocycles. The molecule has 2 aromatic rings. The van der Waals surface area contributed by atoms with Crippen molar-refractivity contribution < 1.29 is 4.79 Å². The molecule has 1 atom stereocenters. The lowest BCUT2D eigenvalue weighted by atomic mass is 9.84. The lowest BCUT2D eigenvalue weighted by molar-refractivity contribution is 0.0975. The number of carbonyl (C=O) groups excluding carboxylic acids is 1. The summed E-state index contributed by atoms with van der Waals surface area (Å²) in [7, 11) is 2.03. The molecule has 1 unspecified atom stereocenters. The highest BCUT2D eigenvalue weighted by atomic mass is 35.5. The Morgan fingerprint density at radius 3 is 2.43 bits per heavy atom. The van der Waals surface area contributed by atoms with Gasteiger partial charge in [0.05, 0.1) is 16.8 Å². The number of hydrazine groups is 1. The molecule has 11 heteroatoms. The Kier molecular flexibility index (Phi) is 9.51. The molecule has 0 aromatic heterocycles. The van der Waals surface area contributed by atoms with Crippen LogP contribution in [0.4, 0.5) is 5.69 Å². The van der Waals surface area contributed by atoms with E-state index in [9.17, 15) is 4.79 Å². The predicted octanol–water partition coefficient (Wildman–Crippen LogP) is 5.49. The molecule has 1 heterocycles. The monoisotopic (exact) mass is 606 g/mol. The van der Waals surface area contributed by atoms with Crippen molar-refractivity contribution >= 4 is 46.7 Å². The third-order valence-corrected chi connectivity index (χ3v) is 8.83. The maximum atomic E-state index is 12.5. The third kappa shape index (κ3) is 6.64. The summed E-state index contributed by atoms with van der Waals surface area (Å²) in [6.45, 7) is 0.548. The van der Waals surface area contributed by atoms with Crippen molar-refractivity contribution in [2.24, 2.45) is 21.8 Å². The number of likely N-dealkylation sites (N-methyl/N-ethyl adjacent to an activating group) is 1. The summed E-state index contributed by atoms with van der Waals surface area (Å²) in [5.74, 6) is 11.6. The summed E-state index contributed by atoms with van der Waals surface area (Å²) < 4.78 is 0. The zero-order valence-corrected chi connectivity index (χ0v) is 25.1. The van der Waals surface area contributed by atoms with Crippen LogP contribution in [0.2, 0.25) is 0 Å². The van der Waals surface area contributed by atoms with Gasteiger partial charge in [-0.3, -0.25) is 15.5 Å². The molecule has 1 saturated heterocycles. The molecule has 0 radical (unpaired) electrons. The number of hydrazone groups is 1. The van der Waals surface area contributed by atoms with Crippen molar-refractivity contribution in [3.05, 3.63) is 99.2 Å². The molecule has 5 rings (SSSR count). The number of carbonyl (C=O) groups is 1. The summed E-state index contributed by atoms with van der Waals surface area (Å²) >= 11 is 12.8. The van der Waals surface area contributed by atoms with E-state index in [2.05, 4.69) is 62.1 Å². The molecular weight excluding hydrogens is 571 g/mol. The van der Waals surface area contributed by atoms with Crippen LogP contribution in [-0.2, 0) is 6.54 Å². The van der Waals surface area contributed by atoms with Crippen molar-refractivity contribution in [3.8, 4) is 0 Å². The van der Waals surface area contributed by atoms with Crippen LogP contribution in [0.25, 0.3) is 0 Å². The first-order valence-corrected chi connectivity index (χ1v) is 14.9. The van der Waals surface area contributed by atoms with Gasteiger partial charge in [0.25, 0.3) is 5.91 Å². The molecule has 1 aliphatic heterocycles. The van der Waals surface area contributed by atoms with E-state index >= 15 is 0 Å². The third-order valence-electron chi connectivity index (χ3n) is 8.02. The van der Waals surface area contributed by atoms with Crippen molar-refractivity contribution in [1.29, 1.82) is 0 Å². The number of guanidine groups is 2. The fourth-order valence-corrected chi connectivity index (χ4v) is 6.02. The molecule has 2 aliphatic carbocycles. The first-order valence-electron chi connectivity index (χ1n) is 14.1. The second-order valence-electron chi connectivity index (χ2n) is 10.7. The lowest BCUT2D eigenvalue weighted by Crippen LogP contribution is -2.45. The molecule has 3 aliphatic rings. The molecule has 42 heavy (non-hydrogen) atoms. The highest BCUT2D eigenvalue weighted by molar-refractivity contribution is 6.40. The van der Waals surface area contributed by atoms with E-state index in [-0.39, 0.29) is 17.9 Å². The molecule has 2 fully saturated rings. The van der Waals surface area contributed by atoms with Gasteiger partial charge in [-0.05, 0) is 60.2 Å². The number of allylic oxidation sites excluding steroid dienone is 4. The number of rotatable bonds is 5. The van der Waals surface area contributed by atoms with Crippen LogP contribution in [0.1, 0.15) is 65.9 Å². The van der Waals surface area contributed by atoms with Gasteiger partial charge in [-0.2, -0.15) is 0 Å². The summed E-state index contributed by atoms with van der Waals surface area (Å²) in [4.78, 5) is 22.0. The van der Waals surface area contributed by atoms with Crippen LogP contribution < -0.4 is 22.4 Å². The van der Waals surface area contributed by atoms with E-state index in [4.69, 9.17) is 39.9 Å². The van der Waals surface area contributed by atoms with Crippen LogP contribution >= 0.6 is 23.2 Å². The first-order chi connectivity index (χ1) is 20.4. The lowest BCUT2D eigenvalue weighted by Gasteiger charge is -2.24. The summed E-state index contributed by atoms with van der Waals surface area (Å²) in [5, 5.41) is 7.04. The summed E-state index contributed by atoms with van der Waals surface area (Å²) in [6, 6.07) is 15.9. The molecule has 6 N–H and O–H groups in total. The average Bonchev–Trinajstić information content (AvgIpc) is 3.25. The van der Waals surface area contributed by atoms with Crippen LogP contribution in [-0.4, -0.2) is 40.7 Å². The Hall–Kier alpha value is -3.79. The van der Waals surface area contributed by atoms with Crippen LogP contribution in [0.15, 0.2) is 92.6 Å². The normalized spacial score (nSPS) is 23.7. The van der Waals surface area contributed by atoms with Crippen molar-refractivity contribution in [2.45, 2.75) is 57.0 Å². The van der Waals surface area contributed by atoms with Gasteiger partial charge in [0.1, 0.15) is 0 Å². The second kappa shape index (κ2) is 13.5. The minimum atomic E-state index is -0.380. The van der Waals surface area contributed by atoms with E-state index < -0.39 is 0 Å². The molecule has 9 nitrogen and oxygen atoms in total. The number of amides is 1. The quantitative estimate of drug-likeness (QED) is 0.154. The molecular formula is C31H36Cl2N8O. The smallest absolute Gasteiger partial charge is 0.258 e. The molecule has 220 valence electrons. The Morgan fingerprint density at radius 1 is 1.05 bits per heavy atom. The number of fused-ring (bicyclic) bond motifs is 1. The first kappa shape index (κ1) is 29.7. The molecule has 1 amide bonds. The predicted molar refractivity (Wildman–Crippen MR) is 170 cm³/mol. The van der Waals surface area contributed by atoms with Gasteiger partial charge >= 0.3 is 0 Å². The Morgan fingerprint density at radius 2 is 1.76 bits per heavy atom. The Balaban J connectivity index is 1.43. The minimum absolute atomic E-state index is 0.0278. The zero-order chi connectivity index (χ0) is 29.6. The van der Waals surface area contributed by atoms with Crippen molar-refractivity contribution in [2.75, 3.05) is 7.05 Å². The van der Waals surface area contributed by atoms with Gasteiger partial charge in [-0.1, -0.05) is 78.9 Å². The fraction of sp³-hybridized carbons (Fsp3) is 0.323. The standard InChI is InChI=1S/C31H36Cl2N8O/c1-40-27-17-15-25(32)26(33)16-18-28(27)41(19-20-7-9-23(10-8-20)29(42)37-30(38-34)39-35)31(40)36-24-13-11-22(12-14-24)21-5-3-2-4-6-21/h7-14,16-18,21,28H,2-6,15,19,34-35H2,1H3,(H2,37,38,39,42)/b18-16?,26-25-,27-17+,36-31?. The maximum absolute atomic E-state index is 12.5. The summed E-state index contributed by atoms with van der Waals surface area (Å²) in [5.41, 5.74) is 7.05. The number of halogens is 2. The number of hydrogen-bond acceptors (Lipinski definition) is 5. The highest BCUT2D eigenvalue weighted by Crippen LogP contribution is 2.36. The van der Waals surface area contributed by atoms with Crippen LogP contribution in [0, 0.1) is 0 Å². The number of aliphatic imine (C=N–C) groups is 1. The molecule has 0 spiro atoms. The van der Waals surface area contributed by atoms with Crippen LogP contribution in [0.5, 0.6) is 0 Å². The zero-order valence-electron chi connectivity index (χ0n) is 23.6. The van der Waals surface area contributed by atoms with E-state index in [1.807, 2.05) is 25.3 Å². The van der Waals surface area contributed by atoms with E-state index in [0.29, 0.717) is 34.5 Å². The van der Waals surface area contributed by atoms with Gasteiger partial charge in [-0.25, -0.2) is 10.8 Å². The van der Waals surface area contributed by atoms with E-state index in [1.165, 1.54) is 37.7 Å². The van der Waals surface area contributed by atoms with Crippen molar-refractivity contribution in [3.63, 3.8) is 0 Å². The maximum Gasteiger partial charge on any atom is 0.258 e. The van der Waals surface area contributed by atoms with E-state index in [0.717, 1.165) is 22.9 Å². The van der Waals surface area contributed by atoms with Gasteiger partial charge in [0.15, 0.2) is 0 Å². The van der Waals surface area contributed by atoms with Gasteiger partial charge in [-0.15, -0.1) is 5.10 Å². The average molecular weight is 608 g/mol.